The van der Waals surface area contributed by atoms with Crippen LogP contribution in [0.3, 0.4) is 0 Å². The van der Waals surface area contributed by atoms with Crippen LogP contribution in [0.1, 0.15) is 48.2 Å². The zero-order valence-electron chi connectivity index (χ0n) is 13.5. The fourth-order valence-corrected chi connectivity index (χ4v) is 2.49. The minimum Gasteiger partial charge on any atom is -0.304 e. The van der Waals surface area contributed by atoms with Crippen LogP contribution in [-0.4, -0.2) is 0 Å². The lowest BCUT2D eigenvalue weighted by Crippen LogP contribution is -2.22. The van der Waals surface area contributed by atoms with Crippen molar-refractivity contribution in [2.45, 2.75) is 38.3 Å². The van der Waals surface area contributed by atoms with Crippen LogP contribution in [0.2, 0.25) is 0 Å². The Labute approximate surface area is 141 Å². The van der Waals surface area contributed by atoms with Gasteiger partial charge in [0, 0.05) is 12.1 Å². The van der Waals surface area contributed by atoms with E-state index in [1.54, 1.807) is 13.8 Å². The average molecular weight is 361 g/mol. The second-order valence-electron chi connectivity index (χ2n) is 5.85. The van der Waals surface area contributed by atoms with Crippen molar-refractivity contribution < 1.29 is 26.3 Å². The molecule has 1 nitrogen and oxygen atoms in total. The molecule has 2 aromatic carbocycles. The van der Waals surface area contributed by atoms with E-state index in [1.165, 1.54) is 24.3 Å². The maximum atomic E-state index is 12.6. The molecule has 0 saturated heterocycles. The summed E-state index contributed by atoms with van der Waals surface area (Å²) in [6.07, 6.45) is -8.77. The van der Waals surface area contributed by atoms with Crippen molar-refractivity contribution in [3.8, 4) is 0 Å². The summed E-state index contributed by atoms with van der Waals surface area (Å²) in [5.41, 5.74) is -0.128. The lowest BCUT2D eigenvalue weighted by atomic mass is 10.0. The Morgan fingerprint density at radius 2 is 0.880 bits per heavy atom. The van der Waals surface area contributed by atoms with Crippen LogP contribution in [0.25, 0.3) is 0 Å². The molecule has 0 saturated carbocycles. The van der Waals surface area contributed by atoms with E-state index in [0.717, 1.165) is 24.3 Å². The van der Waals surface area contributed by atoms with E-state index < -0.39 is 23.5 Å². The lowest BCUT2D eigenvalue weighted by Gasteiger charge is -2.21. The van der Waals surface area contributed by atoms with E-state index in [9.17, 15) is 26.3 Å². The molecule has 0 aliphatic rings. The van der Waals surface area contributed by atoms with Gasteiger partial charge in [-0.05, 0) is 49.2 Å². The molecule has 0 aromatic heterocycles. The van der Waals surface area contributed by atoms with Gasteiger partial charge in [0.15, 0.2) is 0 Å². The van der Waals surface area contributed by atoms with Gasteiger partial charge in [0.1, 0.15) is 0 Å². The average Bonchev–Trinajstić information content (AvgIpc) is 2.53. The molecular formula is C18H17F6N. The Hall–Kier alpha value is -2.02. The third-order valence-electron chi connectivity index (χ3n) is 3.98. The van der Waals surface area contributed by atoms with Gasteiger partial charge in [-0.1, -0.05) is 24.3 Å². The molecule has 136 valence electrons. The highest BCUT2D eigenvalue weighted by atomic mass is 19.4. The maximum absolute atomic E-state index is 12.6. The first-order valence-electron chi connectivity index (χ1n) is 7.59. The molecule has 7 heteroatoms. The molecule has 0 aliphatic carbocycles. The van der Waals surface area contributed by atoms with Crippen LogP contribution < -0.4 is 5.32 Å². The first kappa shape index (κ1) is 19.3. The molecule has 25 heavy (non-hydrogen) atoms. The van der Waals surface area contributed by atoms with E-state index in [1.807, 2.05) is 0 Å². The third kappa shape index (κ3) is 4.98. The molecule has 0 unspecified atom stereocenters. The Morgan fingerprint density at radius 1 is 0.600 bits per heavy atom. The van der Waals surface area contributed by atoms with Crippen molar-refractivity contribution >= 4 is 0 Å². The smallest absolute Gasteiger partial charge is 0.304 e. The zero-order valence-corrected chi connectivity index (χ0v) is 13.5. The van der Waals surface area contributed by atoms with E-state index >= 15 is 0 Å². The highest BCUT2D eigenvalue weighted by Gasteiger charge is 2.31. The fourth-order valence-electron chi connectivity index (χ4n) is 2.49. The summed E-state index contributed by atoms with van der Waals surface area (Å²) < 4.78 is 75.4. The quantitative estimate of drug-likeness (QED) is 0.646. The normalized spacial score (nSPS) is 15.0. The van der Waals surface area contributed by atoms with Gasteiger partial charge >= 0.3 is 12.4 Å². The number of nitrogens with one attached hydrogen (secondary N) is 1. The van der Waals surface area contributed by atoms with Gasteiger partial charge in [0.2, 0.25) is 0 Å². The highest BCUT2D eigenvalue weighted by Crippen LogP contribution is 2.31. The molecule has 0 fully saturated rings. The van der Waals surface area contributed by atoms with Crippen LogP contribution in [0.15, 0.2) is 48.5 Å². The van der Waals surface area contributed by atoms with Crippen LogP contribution >= 0.6 is 0 Å². The van der Waals surface area contributed by atoms with Crippen LogP contribution in [0, 0.1) is 0 Å². The standard InChI is InChI=1S/C18H17F6N/c1-11(13-3-7-15(8-4-13)17(19,20)21)25-12(2)14-5-9-16(10-6-14)18(22,23)24/h3-12,25H,1-2H3/t11-,12-/m1/s1. The van der Waals surface area contributed by atoms with Crippen LogP contribution in [0.4, 0.5) is 26.3 Å². The zero-order chi connectivity index (χ0) is 18.8. The Kier molecular flexibility index (Phi) is 5.46. The molecule has 0 radical (unpaired) electrons. The monoisotopic (exact) mass is 361 g/mol. The highest BCUT2D eigenvalue weighted by molar-refractivity contribution is 5.29. The van der Waals surface area contributed by atoms with Crippen molar-refractivity contribution in [3.63, 3.8) is 0 Å². The predicted octanol–water partition coefficient (Wildman–Crippen LogP) is 6.14. The maximum Gasteiger partial charge on any atom is 0.416 e. The van der Waals surface area contributed by atoms with Gasteiger partial charge < -0.3 is 5.32 Å². The van der Waals surface area contributed by atoms with Crippen molar-refractivity contribution in [2.75, 3.05) is 0 Å². The predicted molar refractivity (Wildman–Crippen MR) is 82.9 cm³/mol. The minimum absolute atomic E-state index is 0.264. The Bertz CT molecular complexity index is 624. The van der Waals surface area contributed by atoms with Crippen molar-refractivity contribution in [1.29, 1.82) is 0 Å². The van der Waals surface area contributed by atoms with Crippen molar-refractivity contribution in [3.05, 3.63) is 70.8 Å². The largest absolute Gasteiger partial charge is 0.416 e. The van der Waals surface area contributed by atoms with Crippen molar-refractivity contribution in [2.24, 2.45) is 0 Å². The molecule has 1 N–H and O–H groups in total. The first-order valence-corrected chi connectivity index (χ1v) is 7.59. The summed E-state index contributed by atoms with van der Waals surface area (Å²) in [4.78, 5) is 0. The number of hydrogen-bond acceptors (Lipinski definition) is 1. The Morgan fingerprint density at radius 3 is 1.12 bits per heavy atom. The summed E-state index contributed by atoms with van der Waals surface area (Å²) in [5.74, 6) is 0. The van der Waals surface area contributed by atoms with Gasteiger partial charge in [-0.25, -0.2) is 0 Å². The third-order valence-corrected chi connectivity index (χ3v) is 3.98. The molecule has 2 aromatic rings. The molecule has 2 rings (SSSR count). The number of rotatable bonds is 4. The summed E-state index contributed by atoms with van der Waals surface area (Å²) >= 11 is 0. The van der Waals surface area contributed by atoms with Gasteiger partial charge in [0.25, 0.3) is 0 Å². The minimum atomic E-state index is -4.39. The van der Waals surface area contributed by atoms with Gasteiger partial charge in [-0.3, -0.25) is 0 Å². The van der Waals surface area contributed by atoms with E-state index in [0.29, 0.717) is 11.1 Å². The number of halogens is 6. The molecule has 0 bridgehead atoms. The van der Waals surface area contributed by atoms with Crippen molar-refractivity contribution in [1.82, 2.24) is 5.32 Å². The summed E-state index contributed by atoms with van der Waals surface area (Å²) in [6, 6.07) is 9.07. The second-order valence-corrected chi connectivity index (χ2v) is 5.85. The van der Waals surface area contributed by atoms with Crippen LogP contribution in [0.5, 0.6) is 0 Å². The van der Waals surface area contributed by atoms with Gasteiger partial charge in [0.05, 0.1) is 11.1 Å². The van der Waals surface area contributed by atoms with E-state index in [2.05, 4.69) is 5.32 Å². The van der Waals surface area contributed by atoms with Gasteiger partial charge in [-0.15, -0.1) is 0 Å². The number of benzene rings is 2. The topological polar surface area (TPSA) is 12.0 Å². The second kappa shape index (κ2) is 7.07. The summed E-state index contributed by atoms with van der Waals surface area (Å²) in [6.45, 7) is 3.56. The molecular weight excluding hydrogens is 344 g/mol. The van der Waals surface area contributed by atoms with E-state index in [4.69, 9.17) is 0 Å². The number of alkyl halides is 6. The van der Waals surface area contributed by atoms with Gasteiger partial charge in [-0.2, -0.15) is 26.3 Å². The summed E-state index contributed by atoms with van der Waals surface area (Å²) in [5, 5.41) is 3.17. The molecule has 0 spiro atoms. The van der Waals surface area contributed by atoms with Crippen LogP contribution in [-0.2, 0) is 12.4 Å². The number of hydrogen-bond donors (Lipinski definition) is 1. The summed E-state index contributed by atoms with van der Waals surface area (Å²) in [7, 11) is 0. The fraction of sp³-hybridized carbons (Fsp3) is 0.333. The molecule has 0 amide bonds. The molecule has 0 heterocycles. The first-order chi connectivity index (χ1) is 11.5. The lowest BCUT2D eigenvalue weighted by molar-refractivity contribution is -0.138. The Balaban J connectivity index is 2.05. The van der Waals surface area contributed by atoms with E-state index in [-0.39, 0.29) is 12.1 Å². The SMILES string of the molecule is C[C@@H](N[C@H](C)c1ccc(C(F)(F)F)cc1)c1ccc(C(F)(F)F)cc1. The molecule has 2 atom stereocenters. The molecule has 0 aliphatic heterocycles.